The van der Waals surface area contributed by atoms with Crippen molar-refractivity contribution in [1.29, 1.82) is 0 Å². The molecular weight excluding hydrogens is 360 g/mol. The number of amides is 1. The van der Waals surface area contributed by atoms with Gasteiger partial charge in [0.15, 0.2) is 0 Å². The van der Waals surface area contributed by atoms with Gasteiger partial charge in [0.25, 0.3) is 0 Å². The van der Waals surface area contributed by atoms with E-state index in [0.29, 0.717) is 36.9 Å². The average Bonchev–Trinajstić information content (AvgIpc) is 2.68. The smallest absolute Gasteiger partial charge is 0.243 e. The van der Waals surface area contributed by atoms with E-state index in [4.69, 9.17) is 0 Å². The van der Waals surface area contributed by atoms with Gasteiger partial charge in [-0.05, 0) is 63.5 Å². The first-order valence-electron chi connectivity index (χ1n) is 10.1. The van der Waals surface area contributed by atoms with Crippen LogP contribution in [0.15, 0.2) is 29.2 Å². The Labute approximate surface area is 163 Å². The van der Waals surface area contributed by atoms with Crippen molar-refractivity contribution < 1.29 is 13.2 Å². The van der Waals surface area contributed by atoms with Crippen molar-refractivity contribution >= 4 is 15.9 Å². The molecule has 0 aromatic heterocycles. The van der Waals surface area contributed by atoms with Gasteiger partial charge in [-0.2, -0.15) is 4.31 Å². The van der Waals surface area contributed by atoms with Crippen LogP contribution in [-0.2, 0) is 14.8 Å². The Morgan fingerprint density at radius 1 is 1.00 bits per heavy atom. The van der Waals surface area contributed by atoms with Crippen LogP contribution >= 0.6 is 0 Å². The molecule has 1 saturated heterocycles. The average molecular weight is 393 g/mol. The third-order valence-electron chi connectivity index (χ3n) is 6.34. The molecule has 1 aliphatic heterocycles. The number of hydrogen-bond donors (Lipinski definition) is 0. The monoisotopic (exact) mass is 392 g/mol. The van der Waals surface area contributed by atoms with Crippen LogP contribution in [0, 0.1) is 18.8 Å². The maximum atomic E-state index is 12.9. The Morgan fingerprint density at radius 2 is 1.56 bits per heavy atom. The molecule has 0 atom stereocenters. The number of rotatable bonds is 4. The predicted molar refractivity (Wildman–Crippen MR) is 107 cm³/mol. The number of benzene rings is 1. The molecule has 2 aliphatic rings. The lowest BCUT2D eigenvalue weighted by molar-refractivity contribution is -0.138. The highest BCUT2D eigenvalue weighted by Gasteiger charge is 2.35. The third-order valence-corrected chi connectivity index (χ3v) is 8.26. The number of carbonyl (C=O) groups excluding carboxylic acids is 1. The largest absolute Gasteiger partial charge is 0.343 e. The van der Waals surface area contributed by atoms with Gasteiger partial charge in [-0.3, -0.25) is 4.79 Å². The van der Waals surface area contributed by atoms with Crippen LogP contribution in [0.1, 0.15) is 51.0 Å². The van der Waals surface area contributed by atoms with Crippen molar-refractivity contribution in [3.8, 4) is 0 Å². The van der Waals surface area contributed by atoms with Gasteiger partial charge in [0.1, 0.15) is 0 Å². The summed E-state index contributed by atoms with van der Waals surface area (Å²) in [7, 11) is -1.54. The highest BCUT2D eigenvalue weighted by Crippen LogP contribution is 2.30. The van der Waals surface area contributed by atoms with E-state index in [2.05, 4.69) is 6.92 Å². The van der Waals surface area contributed by atoms with E-state index in [9.17, 15) is 13.2 Å². The maximum Gasteiger partial charge on any atom is 0.243 e. The summed E-state index contributed by atoms with van der Waals surface area (Å²) in [6.07, 6.45) is 5.77. The molecule has 0 spiro atoms. The molecule has 0 unspecified atom stereocenters. The van der Waals surface area contributed by atoms with E-state index in [1.54, 1.807) is 12.1 Å². The number of hydrogen-bond acceptors (Lipinski definition) is 3. The van der Waals surface area contributed by atoms with Gasteiger partial charge in [-0.15, -0.1) is 0 Å². The molecule has 0 N–H and O–H groups in total. The molecule has 5 nitrogen and oxygen atoms in total. The van der Waals surface area contributed by atoms with Crippen molar-refractivity contribution in [3.63, 3.8) is 0 Å². The lowest BCUT2D eigenvalue weighted by Gasteiger charge is -2.37. The Balaban J connectivity index is 1.58. The Hall–Kier alpha value is -1.40. The van der Waals surface area contributed by atoms with Crippen LogP contribution < -0.4 is 0 Å². The number of sulfonamides is 1. The summed E-state index contributed by atoms with van der Waals surface area (Å²) in [5.41, 5.74) is 1.04. The maximum absolute atomic E-state index is 12.9. The zero-order chi connectivity index (χ0) is 19.6. The predicted octanol–water partition coefficient (Wildman–Crippen LogP) is 3.43. The molecule has 2 fully saturated rings. The quantitative estimate of drug-likeness (QED) is 0.789. The summed E-state index contributed by atoms with van der Waals surface area (Å²) in [5.74, 6) is 0.903. The van der Waals surface area contributed by atoms with E-state index in [0.717, 1.165) is 24.3 Å². The van der Waals surface area contributed by atoms with Crippen LogP contribution in [0.25, 0.3) is 0 Å². The third kappa shape index (κ3) is 4.54. The van der Waals surface area contributed by atoms with E-state index < -0.39 is 10.0 Å². The second-order valence-corrected chi connectivity index (χ2v) is 10.3. The second kappa shape index (κ2) is 8.31. The zero-order valence-electron chi connectivity index (χ0n) is 16.7. The minimum absolute atomic E-state index is 0.0567. The van der Waals surface area contributed by atoms with Gasteiger partial charge in [0.05, 0.1) is 4.90 Å². The lowest BCUT2D eigenvalue weighted by Crippen LogP contribution is -2.46. The van der Waals surface area contributed by atoms with E-state index in [-0.39, 0.29) is 11.8 Å². The fourth-order valence-electron chi connectivity index (χ4n) is 4.30. The van der Waals surface area contributed by atoms with Gasteiger partial charge >= 0.3 is 0 Å². The molecule has 1 aromatic carbocycles. The minimum Gasteiger partial charge on any atom is -0.343 e. The van der Waals surface area contributed by atoms with Gasteiger partial charge < -0.3 is 4.90 Å². The molecule has 1 aliphatic carbocycles. The first kappa shape index (κ1) is 20.3. The number of nitrogens with zero attached hydrogens (tertiary/aromatic N) is 2. The first-order chi connectivity index (χ1) is 12.8. The summed E-state index contributed by atoms with van der Waals surface area (Å²) in [5, 5.41) is 0. The topological polar surface area (TPSA) is 57.7 Å². The molecule has 6 heteroatoms. The fourth-order valence-corrected chi connectivity index (χ4v) is 5.77. The van der Waals surface area contributed by atoms with E-state index >= 15 is 0 Å². The molecule has 3 rings (SSSR count). The zero-order valence-corrected chi connectivity index (χ0v) is 17.5. The van der Waals surface area contributed by atoms with Crippen molar-refractivity contribution in [2.24, 2.45) is 11.8 Å². The molecule has 1 saturated carbocycles. The SMILES string of the molecule is Cc1ccc(S(=O)(=O)N2CCC(C(=O)N(C)C3CCC(C)CC3)CC2)cc1. The van der Waals surface area contributed by atoms with Crippen molar-refractivity contribution in [2.45, 2.75) is 63.3 Å². The standard InChI is InChI=1S/C21H32N2O3S/c1-16-4-8-19(9-5-16)22(3)21(24)18-12-14-23(15-13-18)27(25,26)20-10-6-17(2)7-11-20/h6-7,10-11,16,18-19H,4-5,8-9,12-15H2,1-3H3. The van der Waals surface area contributed by atoms with Crippen molar-refractivity contribution in [3.05, 3.63) is 29.8 Å². The molecule has 150 valence electrons. The molecule has 1 heterocycles. The highest BCUT2D eigenvalue weighted by molar-refractivity contribution is 7.89. The van der Waals surface area contributed by atoms with Gasteiger partial charge in [-0.25, -0.2) is 8.42 Å². The molecule has 1 aromatic rings. The molecule has 1 amide bonds. The van der Waals surface area contributed by atoms with E-state index in [1.165, 1.54) is 17.1 Å². The van der Waals surface area contributed by atoms with Crippen molar-refractivity contribution in [1.82, 2.24) is 9.21 Å². The Morgan fingerprint density at radius 3 is 2.11 bits per heavy atom. The first-order valence-corrected chi connectivity index (χ1v) is 11.6. The second-order valence-electron chi connectivity index (χ2n) is 8.35. The summed E-state index contributed by atoms with van der Waals surface area (Å²) in [6.45, 7) is 5.06. The van der Waals surface area contributed by atoms with Crippen LogP contribution in [0.2, 0.25) is 0 Å². The Kier molecular flexibility index (Phi) is 6.26. The fraction of sp³-hybridized carbons (Fsp3) is 0.667. The summed E-state index contributed by atoms with van der Waals surface area (Å²) in [6, 6.07) is 7.33. The van der Waals surface area contributed by atoms with E-state index in [1.807, 2.05) is 31.0 Å². The molecular formula is C21H32N2O3S. The van der Waals surface area contributed by atoms with Crippen LogP contribution in [-0.4, -0.2) is 49.7 Å². The number of piperidine rings is 1. The van der Waals surface area contributed by atoms with Gasteiger partial charge in [0, 0.05) is 32.1 Å². The molecule has 27 heavy (non-hydrogen) atoms. The summed E-state index contributed by atoms with van der Waals surface area (Å²) < 4.78 is 27.2. The number of carbonyl (C=O) groups is 1. The van der Waals surface area contributed by atoms with Gasteiger partial charge in [0.2, 0.25) is 15.9 Å². The summed E-state index contributed by atoms with van der Waals surface area (Å²) in [4.78, 5) is 15.2. The van der Waals surface area contributed by atoms with Crippen molar-refractivity contribution in [2.75, 3.05) is 20.1 Å². The van der Waals surface area contributed by atoms with Crippen LogP contribution in [0.4, 0.5) is 0 Å². The highest BCUT2D eigenvalue weighted by atomic mass is 32.2. The van der Waals surface area contributed by atoms with Crippen LogP contribution in [0.3, 0.4) is 0 Å². The Bertz CT molecular complexity index is 744. The van der Waals surface area contributed by atoms with Gasteiger partial charge in [-0.1, -0.05) is 24.6 Å². The molecule has 0 radical (unpaired) electrons. The summed E-state index contributed by atoms with van der Waals surface area (Å²) >= 11 is 0. The minimum atomic E-state index is -3.47. The normalized spacial score (nSPS) is 25.3. The number of aryl methyl sites for hydroxylation is 1. The van der Waals surface area contributed by atoms with Crippen LogP contribution in [0.5, 0.6) is 0 Å². The lowest BCUT2D eigenvalue weighted by atomic mass is 9.86. The molecule has 0 bridgehead atoms.